The van der Waals surface area contributed by atoms with Gasteiger partial charge in [0.15, 0.2) is 0 Å². The van der Waals surface area contributed by atoms with Crippen molar-refractivity contribution >= 4 is 17.7 Å². The summed E-state index contributed by atoms with van der Waals surface area (Å²) in [5.74, 6) is -0.332. The van der Waals surface area contributed by atoms with Crippen molar-refractivity contribution in [2.45, 2.75) is 271 Å². The third-order valence-electron chi connectivity index (χ3n) is 11.6. The number of hydrogen-bond donors (Lipinski definition) is 7. The van der Waals surface area contributed by atoms with E-state index in [1.807, 2.05) is 0 Å². The lowest BCUT2D eigenvalue weighted by atomic mass is 10.0. The second-order valence-corrected chi connectivity index (χ2v) is 18.3. The summed E-state index contributed by atoms with van der Waals surface area (Å²) >= 11 is 0. The van der Waals surface area contributed by atoms with Gasteiger partial charge in [-0.1, -0.05) is 188 Å². The number of hydrogen-bond acceptors (Lipinski definition) is 8. The van der Waals surface area contributed by atoms with E-state index in [0.29, 0.717) is 18.7 Å². The minimum atomic E-state index is -0.663. The van der Waals surface area contributed by atoms with Gasteiger partial charge in [-0.25, -0.2) is 0 Å². The molecule has 0 aliphatic carbocycles. The Morgan fingerprint density at radius 1 is 0.413 bits per heavy atom. The third kappa shape index (κ3) is 67.1. The Labute approximate surface area is 392 Å². The van der Waals surface area contributed by atoms with Gasteiger partial charge >= 0.3 is 5.97 Å². The molecule has 0 rings (SSSR count). The highest BCUT2D eigenvalue weighted by atomic mass is 16.4. The second-order valence-electron chi connectivity index (χ2n) is 18.3. The molecule has 10 nitrogen and oxygen atoms in total. The maximum atomic E-state index is 12.2. The predicted molar refractivity (Wildman–Crippen MR) is 275 cm³/mol. The van der Waals surface area contributed by atoms with Crippen LogP contribution >= 0.6 is 0 Å². The molecular formula is C53H112N6O4. The van der Waals surface area contributed by atoms with Crippen LogP contribution in [0, 0.1) is 0 Å². The molecule has 0 aromatic rings. The number of carboxylic acids is 1. The molecule has 0 heterocycles. The summed E-state index contributed by atoms with van der Waals surface area (Å²) in [6.07, 6.45) is 45.4. The smallest absolute Gasteiger partial charge is 0.303 e. The van der Waals surface area contributed by atoms with Gasteiger partial charge in [-0.05, 0) is 111 Å². The molecule has 0 aromatic carbocycles. The van der Waals surface area contributed by atoms with E-state index in [4.69, 9.17) is 16.6 Å². The van der Waals surface area contributed by atoms with E-state index in [1.54, 1.807) is 6.92 Å². The molecule has 0 unspecified atom stereocenters. The molecule has 0 spiro atoms. The fourth-order valence-corrected chi connectivity index (χ4v) is 7.41. The molecule has 0 radical (unpaired) electrons. The standard InChI is InChI=1S/C32H70N6O.C11H22O.C10H20O2/c1-2-3-4-5-6-7-8-9-10-11-12-13-14-16-24-35-25-17-15-22-31(34)32(39)38-30-21-29-37-27-19-18-26-36-28-20-23-33;1-3-4-5-6-7-8-9-10-11(2)12;1-2-3-4-5-6-7-8-9-10(11)12/h31,35-37H,2-30,33-34H2,1H3,(H,38,39);3-10H2,1-2H3;2-9H2,1H3,(H,11,12)/t31-;;/m0../s1. The summed E-state index contributed by atoms with van der Waals surface area (Å²) in [4.78, 5) is 32.9. The molecule has 0 aliphatic heterocycles. The number of rotatable bonds is 49. The Morgan fingerprint density at radius 3 is 1.11 bits per heavy atom. The Hall–Kier alpha value is -1.59. The number of carbonyl (C=O) groups is 3. The van der Waals surface area contributed by atoms with Crippen LogP contribution in [-0.2, 0) is 14.4 Å². The van der Waals surface area contributed by atoms with Crippen molar-refractivity contribution in [3.05, 3.63) is 0 Å². The van der Waals surface area contributed by atoms with E-state index in [2.05, 4.69) is 42.0 Å². The number of amides is 1. The summed E-state index contributed by atoms with van der Waals surface area (Å²) in [6, 6.07) is -0.379. The molecule has 0 aromatic heterocycles. The highest BCUT2D eigenvalue weighted by Gasteiger charge is 2.12. The Kier molecular flexibility index (Phi) is 63.0. The molecule has 0 saturated carbocycles. The van der Waals surface area contributed by atoms with Crippen LogP contribution in [0.3, 0.4) is 0 Å². The molecule has 1 amide bonds. The van der Waals surface area contributed by atoms with E-state index in [9.17, 15) is 14.4 Å². The highest BCUT2D eigenvalue weighted by molar-refractivity contribution is 5.81. The summed E-state index contributed by atoms with van der Waals surface area (Å²) in [6.45, 7) is 16.0. The largest absolute Gasteiger partial charge is 0.481 e. The molecule has 10 heteroatoms. The number of ketones is 1. The molecule has 378 valence electrons. The van der Waals surface area contributed by atoms with Crippen LogP contribution in [0.15, 0.2) is 0 Å². The number of carboxylic acid groups (broad SMARTS) is 1. The van der Waals surface area contributed by atoms with Gasteiger partial charge in [0.05, 0.1) is 6.04 Å². The number of nitrogens with one attached hydrogen (secondary N) is 4. The highest BCUT2D eigenvalue weighted by Crippen LogP contribution is 2.13. The molecule has 0 fully saturated rings. The number of nitrogens with two attached hydrogens (primary N) is 2. The quantitative estimate of drug-likeness (QED) is 0.0294. The molecule has 0 saturated heterocycles. The van der Waals surface area contributed by atoms with Crippen molar-refractivity contribution in [1.82, 2.24) is 21.3 Å². The molecule has 1 atom stereocenters. The lowest BCUT2D eigenvalue weighted by Crippen LogP contribution is -2.41. The minimum absolute atomic E-state index is 0.00563. The number of Topliss-reactive ketones (excluding diaryl/α,β-unsaturated/α-hetero) is 1. The first kappa shape index (κ1) is 65.7. The fraction of sp³-hybridized carbons (Fsp3) is 0.943. The van der Waals surface area contributed by atoms with Crippen LogP contribution in [0.2, 0.25) is 0 Å². The number of aliphatic carboxylic acids is 1. The summed E-state index contributed by atoms with van der Waals surface area (Å²) < 4.78 is 0. The van der Waals surface area contributed by atoms with Crippen molar-refractivity contribution in [3.63, 3.8) is 0 Å². The zero-order valence-corrected chi connectivity index (χ0v) is 42.7. The maximum absolute atomic E-state index is 12.2. The van der Waals surface area contributed by atoms with E-state index >= 15 is 0 Å². The van der Waals surface area contributed by atoms with Crippen molar-refractivity contribution in [2.24, 2.45) is 11.5 Å². The van der Waals surface area contributed by atoms with Crippen molar-refractivity contribution in [3.8, 4) is 0 Å². The number of unbranched alkanes of at least 4 members (excludes halogenated alkanes) is 27. The van der Waals surface area contributed by atoms with Gasteiger partial charge < -0.3 is 42.6 Å². The van der Waals surface area contributed by atoms with Gasteiger partial charge in [-0.15, -0.1) is 0 Å². The third-order valence-corrected chi connectivity index (χ3v) is 11.6. The van der Waals surface area contributed by atoms with Crippen molar-refractivity contribution < 1.29 is 19.5 Å². The van der Waals surface area contributed by atoms with Gasteiger partial charge in [0.1, 0.15) is 5.78 Å². The maximum Gasteiger partial charge on any atom is 0.303 e. The summed E-state index contributed by atoms with van der Waals surface area (Å²) in [5.41, 5.74) is 11.5. The summed E-state index contributed by atoms with van der Waals surface area (Å²) in [7, 11) is 0. The second kappa shape index (κ2) is 60.4. The first-order chi connectivity index (χ1) is 30.8. The van der Waals surface area contributed by atoms with Crippen LogP contribution in [0.4, 0.5) is 0 Å². The van der Waals surface area contributed by atoms with E-state index < -0.39 is 5.97 Å². The monoisotopic (exact) mass is 897 g/mol. The SMILES string of the molecule is CCCCCCCCCC(=O)O.CCCCCCCCCC(C)=O.CCCCCCCCCCCCCCCCNCCCC[C@H](N)C(=O)NCCCNCCCCNCCCN. The average molecular weight is 898 g/mol. The molecule has 63 heavy (non-hydrogen) atoms. The Balaban J connectivity index is -0.00000121. The Bertz CT molecular complexity index is 868. The van der Waals surface area contributed by atoms with Gasteiger partial charge in [-0.2, -0.15) is 0 Å². The van der Waals surface area contributed by atoms with Crippen molar-refractivity contribution in [1.29, 1.82) is 0 Å². The lowest BCUT2D eigenvalue weighted by Gasteiger charge is -2.12. The summed E-state index contributed by atoms with van der Waals surface area (Å²) in [5, 5.41) is 21.7. The fourth-order valence-electron chi connectivity index (χ4n) is 7.41. The predicted octanol–water partition coefficient (Wildman–Crippen LogP) is 12.3. The topological polar surface area (TPSA) is 172 Å². The zero-order valence-electron chi connectivity index (χ0n) is 42.7. The van der Waals surface area contributed by atoms with Crippen LogP contribution in [0.1, 0.15) is 265 Å². The van der Waals surface area contributed by atoms with Crippen LogP contribution < -0.4 is 32.7 Å². The van der Waals surface area contributed by atoms with Crippen LogP contribution in [0.5, 0.6) is 0 Å². The molecule has 0 bridgehead atoms. The number of carbonyl (C=O) groups excluding carboxylic acids is 2. The van der Waals surface area contributed by atoms with Gasteiger partial charge in [-0.3, -0.25) is 9.59 Å². The first-order valence-corrected chi connectivity index (χ1v) is 27.3. The van der Waals surface area contributed by atoms with Crippen LogP contribution in [0.25, 0.3) is 0 Å². The Morgan fingerprint density at radius 2 is 0.730 bits per heavy atom. The average Bonchev–Trinajstić information content (AvgIpc) is 3.27. The normalized spacial score (nSPS) is 11.4. The zero-order chi connectivity index (χ0) is 47.0. The van der Waals surface area contributed by atoms with Gasteiger partial charge in [0.25, 0.3) is 0 Å². The lowest BCUT2D eigenvalue weighted by molar-refractivity contribution is -0.137. The van der Waals surface area contributed by atoms with E-state index in [0.717, 1.165) is 104 Å². The van der Waals surface area contributed by atoms with E-state index in [1.165, 1.54) is 173 Å². The molecular weight excluding hydrogens is 785 g/mol. The minimum Gasteiger partial charge on any atom is -0.481 e. The molecule has 0 aliphatic rings. The van der Waals surface area contributed by atoms with Crippen LogP contribution in [-0.4, -0.2) is 81.2 Å². The molecule has 9 N–H and O–H groups in total. The first-order valence-electron chi connectivity index (χ1n) is 27.3. The van der Waals surface area contributed by atoms with Gasteiger partial charge in [0, 0.05) is 19.4 Å². The van der Waals surface area contributed by atoms with Crippen molar-refractivity contribution in [2.75, 3.05) is 52.4 Å². The van der Waals surface area contributed by atoms with Gasteiger partial charge in [0.2, 0.25) is 5.91 Å². The van der Waals surface area contributed by atoms with E-state index in [-0.39, 0.29) is 11.9 Å².